The summed E-state index contributed by atoms with van der Waals surface area (Å²) in [7, 11) is 4.18. The summed E-state index contributed by atoms with van der Waals surface area (Å²) < 4.78 is 0. The van der Waals surface area contributed by atoms with Gasteiger partial charge in [-0.3, -0.25) is 0 Å². The van der Waals surface area contributed by atoms with Crippen molar-refractivity contribution in [2.75, 3.05) is 31.7 Å². The Morgan fingerprint density at radius 1 is 1.31 bits per heavy atom. The van der Waals surface area contributed by atoms with Crippen LogP contribution in [0.25, 0.3) is 0 Å². The van der Waals surface area contributed by atoms with Gasteiger partial charge in [-0.25, -0.2) is 0 Å². The van der Waals surface area contributed by atoms with Crippen molar-refractivity contribution in [3.8, 4) is 0 Å². The summed E-state index contributed by atoms with van der Waals surface area (Å²) in [4.78, 5) is 2.21. The summed E-state index contributed by atoms with van der Waals surface area (Å²) in [6.45, 7) is 7.40. The average molecular weight is 221 g/mol. The molecule has 0 aliphatic carbocycles. The number of nitrogens with zero attached hydrogens (tertiary/aromatic N) is 1. The molecule has 0 saturated carbocycles. The highest BCUT2D eigenvalue weighted by Crippen LogP contribution is 2.20. The van der Waals surface area contributed by atoms with Gasteiger partial charge in [0.1, 0.15) is 0 Å². The number of hydrogen-bond donors (Lipinski definition) is 2. The van der Waals surface area contributed by atoms with Gasteiger partial charge in [-0.2, -0.15) is 0 Å². The molecule has 0 bridgehead atoms. The van der Waals surface area contributed by atoms with E-state index in [2.05, 4.69) is 45.1 Å². The molecular formula is C13H23N3. The lowest BCUT2D eigenvalue weighted by Gasteiger charge is -2.33. The summed E-state index contributed by atoms with van der Waals surface area (Å²) in [6.07, 6.45) is 0. The first-order chi connectivity index (χ1) is 7.33. The molecule has 3 heteroatoms. The third-order valence-electron chi connectivity index (χ3n) is 3.18. The van der Waals surface area contributed by atoms with E-state index in [9.17, 15) is 0 Å². The van der Waals surface area contributed by atoms with Gasteiger partial charge in [-0.05, 0) is 52.6 Å². The molecular weight excluding hydrogens is 198 g/mol. The van der Waals surface area contributed by atoms with Crippen LogP contribution in [0.5, 0.6) is 0 Å². The summed E-state index contributed by atoms with van der Waals surface area (Å²) >= 11 is 0. The lowest BCUT2D eigenvalue weighted by atomic mass is 10.0. The molecule has 1 aromatic rings. The van der Waals surface area contributed by atoms with Crippen LogP contribution in [0.2, 0.25) is 0 Å². The van der Waals surface area contributed by atoms with Crippen LogP contribution < -0.4 is 11.1 Å². The van der Waals surface area contributed by atoms with Crippen molar-refractivity contribution in [2.24, 2.45) is 0 Å². The minimum atomic E-state index is 0.122. The quantitative estimate of drug-likeness (QED) is 0.767. The molecule has 0 aliphatic heterocycles. The zero-order valence-corrected chi connectivity index (χ0v) is 11.0. The molecule has 1 aromatic carbocycles. The van der Waals surface area contributed by atoms with Crippen LogP contribution >= 0.6 is 0 Å². The van der Waals surface area contributed by atoms with Gasteiger partial charge in [0.25, 0.3) is 0 Å². The fourth-order valence-electron chi connectivity index (χ4n) is 1.30. The van der Waals surface area contributed by atoms with Crippen molar-refractivity contribution >= 4 is 11.4 Å². The third-order valence-corrected chi connectivity index (χ3v) is 3.18. The minimum absolute atomic E-state index is 0.122. The van der Waals surface area contributed by atoms with Crippen LogP contribution in [0.4, 0.5) is 11.4 Å². The maximum absolute atomic E-state index is 5.78. The largest absolute Gasteiger partial charge is 0.399 e. The van der Waals surface area contributed by atoms with E-state index < -0.39 is 0 Å². The molecule has 0 unspecified atom stereocenters. The Balaban J connectivity index is 2.71. The molecule has 0 amide bonds. The van der Waals surface area contributed by atoms with E-state index >= 15 is 0 Å². The number of rotatable bonds is 4. The molecule has 16 heavy (non-hydrogen) atoms. The normalized spacial score (nSPS) is 11.9. The van der Waals surface area contributed by atoms with Crippen LogP contribution in [0.15, 0.2) is 18.2 Å². The Kier molecular flexibility index (Phi) is 3.81. The topological polar surface area (TPSA) is 41.3 Å². The van der Waals surface area contributed by atoms with Gasteiger partial charge in [0.05, 0.1) is 0 Å². The second-order valence-electron chi connectivity index (χ2n) is 5.13. The molecule has 90 valence electrons. The number of anilines is 2. The SMILES string of the molecule is Cc1ccc(N)cc1NCC(C)(C)N(C)C. The smallest absolute Gasteiger partial charge is 0.0391 e. The van der Waals surface area contributed by atoms with Crippen molar-refractivity contribution < 1.29 is 0 Å². The second-order valence-corrected chi connectivity index (χ2v) is 5.13. The van der Waals surface area contributed by atoms with Crippen molar-refractivity contribution in [3.05, 3.63) is 23.8 Å². The number of hydrogen-bond acceptors (Lipinski definition) is 3. The molecule has 0 aliphatic rings. The first kappa shape index (κ1) is 12.8. The number of aryl methyl sites for hydroxylation is 1. The average Bonchev–Trinajstić information content (AvgIpc) is 2.19. The van der Waals surface area contributed by atoms with E-state index in [1.165, 1.54) is 5.56 Å². The number of benzene rings is 1. The van der Waals surface area contributed by atoms with E-state index in [-0.39, 0.29) is 5.54 Å². The first-order valence-electron chi connectivity index (χ1n) is 5.60. The molecule has 0 heterocycles. The molecule has 0 fully saturated rings. The van der Waals surface area contributed by atoms with Gasteiger partial charge < -0.3 is 16.0 Å². The molecule has 0 radical (unpaired) electrons. The van der Waals surface area contributed by atoms with Crippen molar-refractivity contribution in [2.45, 2.75) is 26.3 Å². The van der Waals surface area contributed by atoms with Gasteiger partial charge in [0.2, 0.25) is 0 Å². The van der Waals surface area contributed by atoms with Crippen LogP contribution in [0, 0.1) is 6.92 Å². The van der Waals surface area contributed by atoms with Gasteiger partial charge in [-0.15, -0.1) is 0 Å². The highest BCUT2D eigenvalue weighted by atomic mass is 15.2. The Hall–Kier alpha value is -1.22. The summed E-state index contributed by atoms with van der Waals surface area (Å²) in [6, 6.07) is 5.96. The van der Waals surface area contributed by atoms with Crippen LogP contribution in [0.3, 0.4) is 0 Å². The maximum atomic E-state index is 5.78. The Morgan fingerprint density at radius 2 is 1.94 bits per heavy atom. The number of nitrogens with one attached hydrogen (secondary N) is 1. The van der Waals surface area contributed by atoms with E-state index in [1.807, 2.05) is 18.2 Å². The monoisotopic (exact) mass is 221 g/mol. The summed E-state index contributed by atoms with van der Waals surface area (Å²) in [5.41, 5.74) is 9.05. The highest BCUT2D eigenvalue weighted by molar-refractivity contribution is 5.59. The molecule has 0 spiro atoms. The van der Waals surface area contributed by atoms with Crippen LogP contribution in [-0.4, -0.2) is 31.1 Å². The van der Waals surface area contributed by atoms with E-state index in [0.29, 0.717) is 0 Å². The van der Waals surface area contributed by atoms with Crippen LogP contribution in [0.1, 0.15) is 19.4 Å². The number of likely N-dealkylation sites (N-methyl/N-ethyl adjacent to an activating group) is 1. The predicted molar refractivity (Wildman–Crippen MR) is 71.8 cm³/mol. The maximum Gasteiger partial charge on any atom is 0.0391 e. The van der Waals surface area contributed by atoms with E-state index in [4.69, 9.17) is 5.73 Å². The second kappa shape index (κ2) is 4.74. The zero-order chi connectivity index (χ0) is 12.3. The minimum Gasteiger partial charge on any atom is -0.399 e. The Labute approximate surface area is 98.6 Å². The molecule has 3 N–H and O–H groups in total. The standard InChI is InChI=1S/C13H23N3/c1-10-6-7-11(14)8-12(10)15-9-13(2,3)16(4)5/h6-8,15H,9,14H2,1-5H3. The van der Waals surface area contributed by atoms with Gasteiger partial charge in [0, 0.05) is 23.5 Å². The highest BCUT2D eigenvalue weighted by Gasteiger charge is 2.19. The van der Waals surface area contributed by atoms with Gasteiger partial charge in [-0.1, -0.05) is 6.07 Å². The van der Waals surface area contributed by atoms with Gasteiger partial charge in [0.15, 0.2) is 0 Å². The molecule has 0 aromatic heterocycles. The van der Waals surface area contributed by atoms with E-state index in [0.717, 1.165) is 17.9 Å². The van der Waals surface area contributed by atoms with Gasteiger partial charge >= 0.3 is 0 Å². The third kappa shape index (κ3) is 3.14. The lowest BCUT2D eigenvalue weighted by Crippen LogP contribution is -2.44. The number of nitrogens with two attached hydrogens (primary N) is 1. The summed E-state index contributed by atoms with van der Waals surface area (Å²) in [5.74, 6) is 0. The molecule has 1 rings (SSSR count). The molecule has 0 atom stereocenters. The van der Waals surface area contributed by atoms with Crippen LogP contribution in [-0.2, 0) is 0 Å². The molecule has 0 saturated heterocycles. The predicted octanol–water partition coefficient (Wildman–Crippen LogP) is 2.33. The van der Waals surface area contributed by atoms with Crippen molar-refractivity contribution in [1.29, 1.82) is 0 Å². The fraction of sp³-hybridized carbons (Fsp3) is 0.538. The Bertz CT molecular complexity index is 356. The first-order valence-corrected chi connectivity index (χ1v) is 5.60. The zero-order valence-electron chi connectivity index (χ0n) is 11.0. The Morgan fingerprint density at radius 3 is 2.50 bits per heavy atom. The molecule has 3 nitrogen and oxygen atoms in total. The van der Waals surface area contributed by atoms with E-state index in [1.54, 1.807) is 0 Å². The lowest BCUT2D eigenvalue weighted by molar-refractivity contribution is 0.210. The fourth-order valence-corrected chi connectivity index (χ4v) is 1.30. The van der Waals surface area contributed by atoms with Crippen molar-refractivity contribution in [3.63, 3.8) is 0 Å². The summed E-state index contributed by atoms with van der Waals surface area (Å²) in [5, 5.41) is 3.45. The van der Waals surface area contributed by atoms with Crippen molar-refractivity contribution in [1.82, 2.24) is 4.90 Å². The number of nitrogen functional groups attached to an aromatic ring is 1.